The molecule has 2 aromatic carbocycles. The quantitative estimate of drug-likeness (QED) is 0.414. The summed E-state index contributed by atoms with van der Waals surface area (Å²) >= 11 is 0. The summed E-state index contributed by atoms with van der Waals surface area (Å²) < 4.78 is 50.5. The Hall–Kier alpha value is -1.90. The maximum Gasteiger partial charge on any atom is 0.422 e. The predicted octanol–water partition coefficient (Wildman–Crippen LogP) is 2.77. The van der Waals surface area contributed by atoms with Crippen molar-refractivity contribution in [2.45, 2.75) is 4.90 Å². The van der Waals surface area contributed by atoms with E-state index in [2.05, 4.69) is 10.6 Å². The zero-order chi connectivity index (χ0) is 17.6. The number of hydrogen-bond acceptors (Lipinski definition) is 7. The second-order valence-electron chi connectivity index (χ2n) is 4.47. The number of hydrogen-bond donors (Lipinski definition) is 2. The van der Waals surface area contributed by atoms with Crippen molar-refractivity contribution in [1.29, 1.82) is 0 Å². The molecule has 0 aliphatic heterocycles. The van der Waals surface area contributed by atoms with E-state index < -0.39 is 17.9 Å². The molecule has 0 amide bonds. The van der Waals surface area contributed by atoms with Gasteiger partial charge in [-0.2, -0.15) is 8.42 Å². The van der Waals surface area contributed by atoms with Gasteiger partial charge in [0.1, 0.15) is 10.6 Å². The molecule has 0 spiro atoms. The van der Waals surface area contributed by atoms with E-state index in [9.17, 15) is 13.0 Å². The molecular formula is C14H17N2O6PS. The van der Waals surface area contributed by atoms with Gasteiger partial charge < -0.3 is 9.61 Å². The molecule has 0 fully saturated rings. The third-order valence-electron chi connectivity index (χ3n) is 2.91. The van der Waals surface area contributed by atoms with Crippen molar-refractivity contribution in [2.75, 3.05) is 19.6 Å². The SMILES string of the molecule is COP(=O)(NNc1ccc(OS(=O)(=O)c2ccccc2)cc1)OC. The van der Waals surface area contributed by atoms with E-state index in [1.807, 2.05) is 0 Å². The Kier molecular flexibility index (Phi) is 5.98. The molecular weight excluding hydrogens is 355 g/mol. The predicted molar refractivity (Wildman–Crippen MR) is 89.1 cm³/mol. The minimum Gasteiger partial charge on any atom is -0.379 e. The fraction of sp³-hybridized carbons (Fsp3) is 0.143. The fourth-order valence-electron chi connectivity index (χ4n) is 1.65. The summed E-state index contributed by atoms with van der Waals surface area (Å²) in [5.74, 6) is 0.145. The van der Waals surface area contributed by atoms with Crippen LogP contribution in [0.4, 0.5) is 5.69 Å². The summed E-state index contributed by atoms with van der Waals surface area (Å²) in [6.45, 7) is 0. The second kappa shape index (κ2) is 7.78. The molecule has 0 aromatic heterocycles. The average Bonchev–Trinajstić information content (AvgIpc) is 2.61. The molecule has 0 unspecified atom stereocenters. The van der Waals surface area contributed by atoms with Crippen LogP contribution in [0, 0.1) is 0 Å². The lowest BCUT2D eigenvalue weighted by Gasteiger charge is -2.16. The number of anilines is 1. The first-order valence-corrected chi connectivity index (χ1v) is 9.68. The van der Waals surface area contributed by atoms with Gasteiger partial charge in [-0.15, -0.1) is 5.20 Å². The van der Waals surface area contributed by atoms with Crippen LogP contribution in [-0.2, 0) is 23.7 Å². The minimum atomic E-state index is -3.89. The van der Waals surface area contributed by atoms with Gasteiger partial charge in [-0.05, 0) is 36.4 Å². The summed E-state index contributed by atoms with van der Waals surface area (Å²) in [7, 11) is -4.83. The van der Waals surface area contributed by atoms with Crippen LogP contribution >= 0.6 is 7.75 Å². The molecule has 0 atom stereocenters. The molecule has 8 nitrogen and oxygen atoms in total. The Balaban J connectivity index is 2.04. The summed E-state index contributed by atoms with van der Waals surface area (Å²) in [5.41, 5.74) is 3.15. The van der Waals surface area contributed by atoms with Gasteiger partial charge in [0.05, 0.1) is 0 Å². The summed E-state index contributed by atoms with van der Waals surface area (Å²) in [5, 5.41) is 2.41. The molecule has 0 saturated heterocycles. The average molecular weight is 372 g/mol. The van der Waals surface area contributed by atoms with Gasteiger partial charge in [-0.25, -0.2) is 4.57 Å². The Labute approximate surface area is 140 Å². The topological polar surface area (TPSA) is 103 Å². The van der Waals surface area contributed by atoms with Crippen molar-refractivity contribution in [1.82, 2.24) is 5.20 Å². The Morgan fingerprint density at radius 2 is 1.50 bits per heavy atom. The molecule has 2 aromatic rings. The molecule has 2 N–H and O–H groups in total. The van der Waals surface area contributed by atoms with Crippen molar-refractivity contribution in [3.05, 3.63) is 54.6 Å². The van der Waals surface area contributed by atoms with Crippen molar-refractivity contribution >= 4 is 23.6 Å². The van der Waals surface area contributed by atoms with E-state index in [1.165, 1.54) is 38.5 Å². The van der Waals surface area contributed by atoms with Gasteiger partial charge in [-0.1, -0.05) is 18.2 Å². The molecule has 0 bridgehead atoms. The molecule has 24 heavy (non-hydrogen) atoms. The third kappa shape index (κ3) is 4.80. The summed E-state index contributed by atoms with van der Waals surface area (Å²) in [6, 6.07) is 13.8. The van der Waals surface area contributed by atoms with E-state index in [0.29, 0.717) is 5.69 Å². The Morgan fingerprint density at radius 1 is 0.917 bits per heavy atom. The number of hydrazine groups is 1. The first kappa shape index (κ1) is 18.4. The molecule has 0 saturated carbocycles. The van der Waals surface area contributed by atoms with Crippen LogP contribution in [0.1, 0.15) is 0 Å². The van der Waals surface area contributed by atoms with Crippen molar-refractivity contribution < 1.29 is 26.2 Å². The van der Waals surface area contributed by atoms with E-state index >= 15 is 0 Å². The first-order chi connectivity index (χ1) is 11.4. The Morgan fingerprint density at radius 3 is 2.04 bits per heavy atom. The lowest BCUT2D eigenvalue weighted by atomic mass is 10.3. The maximum atomic E-state index is 12.1. The summed E-state index contributed by atoms with van der Waals surface area (Å²) in [6.07, 6.45) is 0. The highest BCUT2D eigenvalue weighted by Gasteiger charge is 2.20. The smallest absolute Gasteiger partial charge is 0.379 e. The van der Waals surface area contributed by atoms with Crippen LogP contribution < -0.4 is 14.8 Å². The van der Waals surface area contributed by atoms with Gasteiger partial charge >= 0.3 is 17.9 Å². The number of rotatable bonds is 8. The number of benzene rings is 2. The van der Waals surface area contributed by atoms with E-state index in [1.54, 1.807) is 30.3 Å². The molecule has 2 rings (SSSR count). The van der Waals surface area contributed by atoms with Gasteiger partial charge in [0, 0.05) is 19.9 Å². The monoisotopic (exact) mass is 372 g/mol. The molecule has 0 radical (unpaired) electrons. The molecule has 0 aliphatic rings. The zero-order valence-electron chi connectivity index (χ0n) is 13.0. The zero-order valence-corrected chi connectivity index (χ0v) is 14.7. The first-order valence-electron chi connectivity index (χ1n) is 6.73. The van der Waals surface area contributed by atoms with Crippen LogP contribution in [0.5, 0.6) is 5.75 Å². The highest BCUT2D eigenvalue weighted by Crippen LogP contribution is 2.41. The van der Waals surface area contributed by atoms with Gasteiger partial charge in [0.2, 0.25) is 0 Å². The van der Waals surface area contributed by atoms with Crippen LogP contribution in [-0.4, -0.2) is 22.6 Å². The second-order valence-corrected chi connectivity index (χ2v) is 7.97. The van der Waals surface area contributed by atoms with Crippen LogP contribution in [0.2, 0.25) is 0 Å². The van der Waals surface area contributed by atoms with E-state index in [-0.39, 0.29) is 10.6 Å². The number of nitrogens with one attached hydrogen (secondary N) is 2. The van der Waals surface area contributed by atoms with Gasteiger partial charge in [-0.3, -0.25) is 9.05 Å². The van der Waals surface area contributed by atoms with Crippen molar-refractivity contribution in [3.8, 4) is 5.75 Å². The standard InChI is InChI=1S/C14H17N2O6PS/c1-20-23(17,21-2)16-15-12-8-10-13(11-9-12)22-24(18,19)14-6-4-3-5-7-14/h3-11,15H,1-2H3,(H,16,17). The van der Waals surface area contributed by atoms with Crippen LogP contribution in [0.3, 0.4) is 0 Å². The summed E-state index contributed by atoms with van der Waals surface area (Å²) in [4.78, 5) is 0.0648. The van der Waals surface area contributed by atoms with E-state index in [4.69, 9.17) is 13.2 Å². The van der Waals surface area contributed by atoms with Gasteiger partial charge in [0.25, 0.3) is 0 Å². The fourth-order valence-corrected chi connectivity index (χ4v) is 3.20. The maximum absolute atomic E-state index is 12.1. The van der Waals surface area contributed by atoms with Crippen molar-refractivity contribution in [2.24, 2.45) is 0 Å². The van der Waals surface area contributed by atoms with Gasteiger partial charge in [0.15, 0.2) is 0 Å². The lowest BCUT2D eigenvalue weighted by molar-refractivity contribution is 0.267. The van der Waals surface area contributed by atoms with Crippen molar-refractivity contribution in [3.63, 3.8) is 0 Å². The lowest BCUT2D eigenvalue weighted by Crippen LogP contribution is -2.20. The third-order valence-corrected chi connectivity index (χ3v) is 5.52. The minimum absolute atomic E-state index is 0.0648. The van der Waals surface area contributed by atoms with E-state index in [0.717, 1.165) is 0 Å². The normalized spacial score (nSPS) is 11.9. The molecule has 0 heterocycles. The molecule has 0 aliphatic carbocycles. The highest BCUT2D eigenvalue weighted by molar-refractivity contribution is 7.87. The van der Waals surface area contributed by atoms with Crippen LogP contribution in [0.25, 0.3) is 0 Å². The van der Waals surface area contributed by atoms with Crippen LogP contribution in [0.15, 0.2) is 59.5 Å². The highest BCUT2D eigenvalue weighted by atomic mass is 32.2. The molecule has 10 heteroatoms. The largest absolute Gasteiger partial charge is 0.422 e. The Bertz CT molecular complexity index is 803. The molecule has 130 valence electrons.